The highest BCUT2D eigenvalue weighted by Gasteiger charge is 2.29. The van der Waals surface area contributed by atoms with Crippen molar-refractivity contribution in [1.82, 2.24) is 24.4 Å². The molecule has 0 bridgehead atoms. The lowest BCUT2D eigenvalue weighted by Gasteiger charge is -2.32. The normalized spacial score (nSPS) is 16.5. The molecule has 9 heteroatoms. The van der Waals surface area contributed by atoms with Gasteiger partial charge in [0.1, 0.15) is 0 Å². The summed E-state index contributed by atoms with van der Waals surface area (Å²) in [6.07, 6.45) is 4.04. The van der Waals surface area contributed by atoms with E-state index in [4.69, 9.17) is 0 Å². The molecule has 0 saturated carbocycles. The number of nitrogens with zero attached hydrogens (tertiary/aromatic N) is 4. The van der Waals surface area contributed by atoms with Crippen molar-refractivity contribution in [3.05, 3.63) is 54.4 Å². The van der Waals surface area contributed by atoms with Gasteiger partial charge in [0.15, 0.2) is 5.96 Å². The molecule has 1 aromatic carbocycles. The average molecular weight is 433 g/mol. The van der Waals surface area contributed by atoms with E-state index in [0.717, 1.165) is 32.7 Å². The van der Waals surface area contributed by atoms with Gasteiger partial charge in [-0.15, -0.1) is 0 Å². The molecule has 3 rings (SSSR count). The van der Waals surface area contributed by atoms with Gasteiger partial charge in [-0.2, -0.15) is 4.31 Å². The van der Waals surface area contributed by atoms with Crippen molar-refractivity contribution in [1.29, 1.82) is 0 Å². The maximum atomic E-state index is 13.2. The van der Waals surface area contributed by atoms with Crippen LogP contribution in [0.15, 0.2) is 58.7 Å². The molecule has 2 N–H and O–H groups in total. The van der Waals surface area contributed by atoms with Crippen molar-refractivity contribution < 1.29 is 8.42 Å². The Bertz CT molecular complexity index is 919. The second-order valence-electron chi connectivity index (χ2n) is 7.36. The predicted molar refractivity (Wildman–Crippen MR) is 120 cm³/mol. The molecular formula is C21H32N6O2S. The van der Waals surface area contributed by atoms with Gasteiger partial charge in [0.2, 0.25) is 10.0 Å². The van der Waals surface area contributed by atoms with E-state index in [1.54, 1.807) is 16.4 Å². The third-order valence-electron chi connectivity index (χ3n) is 5.13. The summed E-state index contributed by atoms with van der Waals surface area (Å²) >= 11 is 0. The SMILES string of the molecule is CCNC(=NCc1ccccc1S(=O)(=O)N1CCN(C)CC1)NCCn1cccc1. The molecule has 1 aromatic heterocycles. The van der Waals surface area contributed by atoms with E-state index in [-0.39, 0.29) is 0 Å². The maximum absolute atomic E-state index is 13.2. The Morgan fingerprint density at radius 1 is 1.03 bits per heavy atom. The Hall–Kier alpha value is -2.36. The van der Waals surface area contributed by atoms with E-state index >= 15 is 0 Å². The monoisotopic (exact) mass is 432 g/mol. The number of likely N-dealkylation sites (N-methyl/N-ethyl adjacent to an activating group) is 1. The third kappa shape index (κ3) is 5.84. The molecule has 1 aliphatic rings. The molecular weight excluding hydrogens is 400 g/mol. The molecule has 0 spiro atoms. The molecule has 1 saturated heterocycles. The molecule has 164 valence electrons. The second-order valence-corrected chi connectivity index (χ2v) is 9.26. The van der Waals surface area contributed by atoms with Crippen molar-refractivity contribution in [2.75, 3.05) is 46.3 Å². The minimum atomic E-state index is -3.53. The quantitative estimate of drug-likeness (QED) is 0.484. The summed E-state index contributed by atoms with van der Waals surface area (Å²) in [5, 5.41) is 6.53. The molecule has 0 unspecified atom stereocenters. The van der Waals surface area contributed by atoms with Crippen LogP contribution in [0.5, 0.6) is 0 Å². The minimum absolute atomic E-state index is 0.294. The molecule has 0 radical (unpaired) electrons. The van der Waals surface area contributed by atoms with E-state index in [1.807, 2.05) is 50.6 Å². The number of hydrogen-bond donors (Lipinski definition) is 2. The van der Waals surface area contributed by atoms with Crippen LogP contribution >= 0.6 is 0 Å². The van der Waals surface area contributed by atoms with Gasteiger partial charge in [-0.1, -0.05) is 18.2 Å². The van der Waals surface area contributed by atoms with Crippen molar-refractivity contribution >= 4 is 16.0 Å². The zero-order valence-corrected chi connectivity index (χ0v) is 18.6. The number of sulfonamides is 1. The topological polar surface area (TPSA) is 82.0 Å². The maximum Gasteiger partial charge on any atom is 0.243 e. The molecule has 8 nitrogen and oxygen atoms in total. The molecule has 30 heavy (non-hydrogen) atoms. The van der Waals surface area contributed by atoms with Gasteiger partial charge < -0.3 is 20.1 Å². The molecule has 2 aromatic rings. The highest BCUT2D eigenvalue weighted by Crippen LogP contribution is 2.22. The first-order chi connectivity index (χ1) is 14.5. The van der Waals surface area contributed by atoms with Crippen LogP contribution in [-0.2, 0) is 23.1 Å². The number of nitrogens with one attached hydrogen (secondary N) is 2. The van der Waals surface area contributed by atoms with Gasteiger partial charge in [0.25, 0.3) is 0 Å². The van der Waals surface area contributed by atoms with Crippen LogP contribution in [0.4, 0.5) is 0 Å². The summed E-state index contributed by atoms with van der Waals surface area (Å²) in [6.45, 7) is 7.10. The van der Waals surface area contributed by atoms with Crippen LogP contribution in [0, 0.1) is 0 Å². The van der Waals surface area contributed by atoms with Crippen molar-refractivity contribution in [2.24, 2.45) is 4.99 Å². The first-order valence-corrected chi connectivity index (χ1v) is 11.8. The number of hydrogen-bond acceptors (Lipinski definition) is 4. The van der Waals surface area contributed by atoms with Gasteiger partial charge in [-0.05, 0) is 37.7 Å². The third-order valence-corrected chi connectivity index (χ3v) is 7.13. The summed E-state index contributed by atoms with van der Waals surface area (Å²) < 4.78 is 30.1. The van der Waals surface area contributed by atoms with Gasteiger partial charge in [-0.25, -0.2) is 13.4 Å². The van der Waals surface area contributed by atoms with Crippen LogP contribution in [0.2, 0.25) is 0 Å². The fourth-order valence-electron chi connectivity index (χ4n) is 3.38. The average Bonchev–Trinajstić information content (AvgIpc) is 3.26. The predicted octanol–water partition coefficient (Wildman–Crippen LogP) is 1.18. The van der Waals surface area contributed by atoms with E-state index < -0.39 is 10.0 Å². The Balaban J connectivity index is 1.70. The number of guanidine groups is 1. The zero-order valence-electron chi connectivity index (χ0n) is 17.8. The van der Waals surface area contributed by atoms with E-state index in [0.29, 0.717) is 36.1 Å². The van der Waals surface area contributed by atoms with Gasteiger partial charge in [0, 0.05) is 58.2 Å². The molecule has 0 aliphatic carbocycles. The summed E-state index contributed by atoms with van der Waals surface area (Å²) in [4.78, 5) is 7.12. The fraction of sp³-hybridized carbons (Fsp3) is 0.476. The fourth-order valence-corrected chi connectivity index (χ4v) is 5.02. The summed E-state index contributed by atoms with van der Waals surface area (Å²) in [5.74, 6) is 0.677. The number of benzene rings is 1. The van der Waals surface area contributed by atoms with Crippen LogP contribution in [0.3, 0.4) is 0 Å². The van der Waals surface area contributed by atoms with Gasteiger partial charge in [-0.3, -0.25) is 0 Å². The Morgan fingerprint density at radius 3 is 2.43 bits per heavy atom. The first kappa shape index (κ1) is 22.3. The molecule has 0 amide bonds. The van der Waals surface area contributed by atoms with Crippen LogP contribution in [-0.4, -0.2) is 74.5 Å². The molecule has 2 heterocycles. The van der Waals surface area contributed by atoms with Crippen molar-refractivity contribution in [3.63, 3.8) is 0 Å². The summed E-state index contributed by atoms with van der Waals surface area (Å²) in [5.41, 5.74) is 0.707. The lowest BCUT2D eigenvalue weighted by Crippen LogP contribution is -2.47. The summed E-state index contributed by atoms with van der Waals surface area (Å²) in [7, 11) is -1.52. The Morgan fingerprint density at radius 2 is 1.73 bits per heavy atom. The van der Waals surface area contributed by atoms with Gasteiger partial charge in [0.05, 0.1) is 11.4 Å². The van der Waals surface area contributed by atoms with E-state index in [2.05, 4.69) is 25.1 Å². The lowest BCUT2D eigenvalue weighted by molar-refractivity contribution is 0.222. The largest absolute Gasteiger partial charge is 0.357 e. The highest BCUT2D eigenvalue weighted by atomic mass is 32.2. The number of aliphatic imine (C=N–C) groups is 1. The van der Waals surface area contributed by atoms with E-state index in [1.165, 1.54) is 0 Å². The number of piperazine rings is 1. The Kier molecular flexibility index (Phi) is 7.89. The smallest absolute Gasteiger partial charge is 0.243 e. The first-order valence-electron chi connectivity index (χ1n) is 10.4. The molecule has 1 fully saturated rings. The number of aromatic nitrogens is 1. The van der Waals surface area contributed by atoms with E-state index in [9.17, 15) is 8.42 Å². The molecule has 0 atom stereocenters. The zero-order chi connectivity index (χ0) is 21.4. The van der Waals surface area contributed by atoms with Crippen molar-refractivity contribution in [2.45, 2.75) is 24.9 Å². The second kappa shape index (κ2) is 10.6. The highest BCUT2D eigenvalue weighted by molar-refractivity contribution is 7.89. The Labute approximate surface area is 179 Å². The number of rotatable bonds is 8. The van der Waals surface area contributed by atoms with Crippen LogP contribution in [0.1, 0.15) is 12.5 Å². The standard InChI is InChI=1S/C21H32N6O2S/c1-3-22-21(23-10-13-26-11-6-7-12-26)24-18-19-8-4-5-9-20(19)30(28,29)27-16-14-25(2)15-17-27/h4-9,11-12H,3,10,13-18H2,1-2H3,(H2,22,23,24). The molecule has 1 aliphatic heterocycles. The minimum Gasteiger partial charge on any atom is -0.357 e. The van der Waals surface area contributed by atoms with Crippen molar-refractivity contribution in [3.8, 4) is 0 Å². The van der Waals surface area contributed by atoms with Gasteiger partial charge >= 0.3 is 0 Å². The lowest BCUT2D eigenvalue weighted by atomic mass is 10.2. The van der Waals surface area contributed by atoms with Crippen LogP contribution < -0.4 is 10.6 Å². The summed E-state index contributed by atoms with van der Waals surface area (Å²) in [6, 6.07) is 11.2. The van der Waals surface area contributed by atoms with Crippen LogP contribution in [0.25, 0.3) is 0 Å².